The zero-order chi connectivity index (χ0) is 27.8. The first-order valence-corrected chi connectivity index (χ1v) is 12.5. The van der Waals surface area contributed by atoms with Gasteiger partial charge in [0.15, 0.2) is 11.4 Å². The average Bonchev–Trinajstić information content (AvgIpc) is 3.03. The van der Waals surface area contributed by atoms with E-state index in [1.807, 2.05) is 0 Å². The summed E-state index contributed by atoms with van der Waals surface area (Å²) in [7, 11) is 0. The van der Waals surface area contributed by atoms with Crippen LogP contribution >= 0.6 is 0 Å². The molecular formula is C28H25F4N3O4. The van der Waals surface area contributed by atoms with E-state index in [0.29, 0.717) is 24.1 Å². The third-order valence-corrected chi connectivity index (χ3v) is 7.21. The molecule has 11 heteroatoms. The Balaban J connectivity index is 1.56. The van der Waals surface area contributed by atoms with Gasteiger partial charge in [-0.1, -0.05) is 30.3 Å². The number of benzene rings is 2. The topological polar surface area (TPSA) is 80.6 Å². The molecule has 3 aromatic rings. The van der Waals surface area contributed by atoms with Crippen molar-refractivity contribution in [2.24, 2.45) is 0 Å². The number of halogens is 4. The van der Waals surface area contributed by atoms with Crippen LogP contribution in [0.1, 0.15) is 57.8 Å². The lowest BCUT2D eigenvalue weighted by Crippen LogP contribution is -2.49. The van der Waals surface area contributed by atoms with Gasteiger partial charge in [-0.15, -0.1) is 0 Å². The molecule has 5 rings (SSSR count). The van der Waals surface area contributed by atoms with Crippen LogP contribution in [0.3, 0.4) is 0 Å². The van der Waals surface area contributed by atoms with Gasteiger partial charge in [-0.3, -0.25) is 14.4 Å². The second kappa shape index (κ2) is 10.5. The van der Waals surface area contributed by atoms with E-state index in [0.717, 1.165) is 6.20 Å². The van der Waals surface area contributed by atoms with Gasteiger partial charge in [0.25, 0.3) is 11.8 Å². The van der Waals surface area contributed by atoms with E-state index in [9.17, 15) is 27.6 Å². The molecule has 7 nitrogen and oxygen atoms in total. The molecule has 2 bridgehead atoms. The average molecular weight is 544 g/mol. The minimum absolute atomic E-state index is 0.0439. The Kier molecular flexibility index (Phi) is 7.16. The first kappa shape index (κ1) is 26.5. The molecule has 2 aliphatic heterocycles. The van der Waals surface area contributed by atoms with Gasteiger partial charge in [0.05, 0.1) is 6.04 Å². The fourth-order valence-corrected chi connectivity index (χ4v) is 5.03. The largest absolute Gasteiger partial charge is 0.483 e. The molecule has 2 aromatic carbocycles. The maximum atomic E-state index is 15.3. The van der Waals surface area contributed by atoms with Gasteiger partial charge in [0, 0.05) is 43.0 Å². The number of hydrogen-bond donors (Lipinski definition) is 1. The Morgan fingerprint density at radius 3 is 2.46 bits per heavy atom. The molecule has 2 aliphatic rings. The van der Waals surface area contributed by atoms with E-state index in [1.54, 1.807) is 37.3 Å². The lowest BCUT2D eigenvalue weighted by molar-refractivity contribution is 0.0572. The molecular weight excluding hydrogens is 518 g/mol. The monoisotopic (exact) mass is 543 g/mol. The van der Waals surface area contributed by atoms with Gasteiger partial charge in [0.2, 0.25) is 5.43 Å². The molecule has 0 radical (unpaired) electrons. The highest BCUT2D eigenvalue weighted by molar-refractivity contribution is 5.99. The number of hydrogen-bond acceptors (Lipinski definition) is 4. The van der Waals surface area contributed by atoms with Crippen molar-refractivity contribution in [3.8, 4) is 5.75 Å². The zero-order valence-electron chi connectivity index (χ0n) is 20.9. The molecule has 1 fully saturated rings. The van der Waals surface area contributed by atoms with Crippen LogP contribution in [0.25, 0.3) is 0 Å². The first-order valence-electron chi connectivity index (χ1n) is 12.5. The number of fused-ring (bicyclic) bond motifs is 4. The van der Waals surface area contributed by atoms with Crippen LogP contribution in [-0.2, 0) is 13.2 Å². The molecule has 39 heavy (non-hydrogen) atoms. The summed E-state index contributed by atoms with van der Waals surface area (Å²) >= 11 is 0. The molecule has 0 saturated carbocycles. The normalized spacial score (nSPS) is 20.3. The number of carbonyl (C=O) groups excluding carboxylic acids is 2. The number of carbonyl (C=O) groups is 2. The van der Waals surface area contributed by atoms with Gasteiger partial charge in [-0.25, -0.2) is 17.6 Å². The van der Waals surface area contributed by atoms with Gasteiger partial charge < -0.3 is 19.5 Å². The SMILES string of the molecule is C[C@H]1CC[C@H](F)[C@H]2CN1C(=O)c1c(OCc3ccccc3)c(=O)c(C(=O)NCc3c(F)cc(F)cc3F)cn12. The summed E-state index contributed by atoms with van der Waals surface area (Å²) in [6, 6.07) is 8.62. The lowest BCUT2D eigenvalue weighted by Gasteiger charge is -2.38. The Labute approximate surface area is 221 Å². The maximum absolute atomic E-state index is 15.3. The molecule has 1 N–H and O–H groups in total. The summed E-state index contributed by atoms with van der Waals surface area (Å²) < 4.78 is 63.8. The number of alkyl halides is 1. The van der Waals surface area contributed by atoms with Crippen molar-refractivity contribution in [3.05, 3.63) is 98.7 Å². The summed E-state index contributed by atoms with van der Waals surface area (Å²) in [5, 5.41) is 2.26. The van der Waals surface area contributed by atoms with Crippen molar-refractivity contribution >= 4 is 11.8 Å². The molecule has 3 atom stereocenters. The summed E-state index contributed by atoms with van der Waals surface area (Å²) in [6.45, 7) is 1.06. The lowest BCUT2D eigenvalue weighted by atomic mass is 10.0. The highest BCUT2D eigenvalue weighted by Gasteiger charge is 2.43. The molecule has 0 aliphatic carbocycles. The van der Waals surface area contributed by atoms with Crippen molar-refractivity contribution in [1.82, 2.24) is 14.8 Å². The first-order chi connectivity index (χ1) is 18.7. The Hall–Kier alpha value is -4.15. The molecule has 1 aromatic heterocycles. The summed E-state index contributed by atoms with van der Waals surface area (Å²) in [4.78, 5) is 41.7. The van der Waals surface area contributed by atoms with Gasteiger partial charge in [0.1, 0.15) is 35.8 Å². The predicted molar refractivity (Wildman–Crippen MR) is 133 cm³/mol. The molecule has 1 saturated heterocycles. The molecule has 2 amide bonds. The van der Waals surface area contributed by atoms with Crippen molar-refractivity contribution in [2.75, 3.05) is 6.54 Å². The van der Waals surface area contributed by atoms with Crippen molar-refractivity contribution < 1.29 is 31.9 Å². The standard InChI is InChI=1S/C28H25F4N3O4/c1-15-7-8-20(30)23-13-34(15)28(38)24-26(39-14-16-5-3-2-4-6-16)25(36)19(12-35(23)24)27(37)33-11-18-21(31)9-17(29)10-22(18)32/h2-6,9-10,12,15,20,23H,7-8,11,13-14H2,1H3,(H,33,37)/t15-,20-,23+/m0/s1. The predicted octanol–water partition coefficient (Wildman–Crippen LogP) is 4.29. The van der Waals surface area contributed by atoms with Crippen molar-refractivity contribution in [1.29, 1.82) is 0 Å². The summed E-state index contributed by atoms with van der Waals surface area (Å²) in [5.41, 5.74) is -1.49. The van der Waals surface area contributed by atoms with E-state index < -0.39 is 70.3 Å². The van der Waals surface area contributed by atoms with E-state index in [2.05, 4.69) is 5.32 Å². The van der Waals surface area contributed by atoms with E-state index in [4.69, 9.17) is 4.74 Å². The quantitative estimate of drug-likeness (QED) is 0.471. The highest BCUT2D eigenvalue weighted by Crippen LogP contribution is 2.36. The number of nitrogens with zero attached hydrogens (tertiary/aromatic N) is 2. The van der Waals surface area contributed by atoms with Crippen LogP contribution < -0.4 is 15.5 Å². The number of amides is 2. The molecule has 0 unspecified atom stereocenters. The summed E-state index contributed by atoms with van der Waals surface area (Å²) in [5.74, 6) is -5.48. The van der Waals surface area contributed by atoms with Crippen LogP contribution in [0.4, 0.5) is 17.6 Å². The van der Waals surface area contributed by atoms with E-state index in [-0.39, 0.29) is 31.3 Å². The minimum Gasteiger partial charge on any atom is -0.483 e. The highest BCUT2D eigenvalue weighted by atomic mass is 19.1. The smallest absolute Gasteiger partial charge is 0.274 e. The molecule has 3 heterocycles. The third kappa shape index (κ3) is 5.00. The zero-order valence-corrected chi connectivity index (χ0v) is 20.9. The van der Waals surface area contributed by atoms with Gasteiger partial charge in [-0.05, 0) is 25.3 Å². The Morgan fingerprint density at radius 1 is 1.08 bits per heavy atom. The second-order valence-corrected chi connectivity index (χ2v) is 9.73. The number of ether oxygens (including phenoxy) is 1. The van der Waals surface area contributed by atoms with Crippen LogP contribution in [0.15, 0.2) is 53.5 Å². The van der Waals surface area contributed by atoms with E-state index in [1.165, 1.54) is 9.47 Å². The number of aromatic nitrogens is 1. The van der Waals surface area contributed by atoms with Gasteiger partial charge in [-0.2, -0.15) is 0 Å². The van der Waals surface area contributed by atoms with Crippen molar-refractivity contribution in [3.63, 3.8) is 0 Å². The maximum Gasteiger partial charge on any atom is 0.274 e. The van der Waals surface area contributed by atoms with Crippen LogP contribution in [-0.4, -0.2) is 40.0 Å². The molecule has 204 valence electrons. The molecule has 0 spiro atoms. The number of nitrogens with one attached hydrogen (secondary N) is 1. The minimum atomic E-state index is -1.37. The van der Waals surface area contributed by atoms with Crippen LogP contribution in [0, 0.1) is 17.5 Å². The van der Waals surface area contributed by atoms with Crippen LogP contribution in [0.5, 0.6) is 5.75 Å². The number of pyridine rings is 1. The third-order valence-electron chi connectivity index (χ3n) is 7.21. The van der Waals surface area contributed by atoms with E-state index >= 15 is 4.39 Å². The fourth-order valence-electron chi connectivity index (χ4n) is 5.03. The van der Waals surface area contributed by atoms with Gasteiger partial charge >= 0.3 is 0 Å². The Bertz CT molecular complexity index is 1470. The van der Waals surface area contributed by atoms with Crippen molar-refractivity contribution in [2.45, 2.75) is 51.2 Å². The number of rotatable bonds is 6. The summed E-state index contributed by atoms with van der Waals surface area (Å²) in [6.07, 6.45) is 0.325. The Morgan fingerprint density at radius 2 is 1.77 bits per heavy atom. The van der Waals surface area contributed by atoms with Crippen LogP contribution in [0.2, 0.25) is 0 Å². The second-order valence-electron chi connectivity index (χ2n) is 9.73. The fraction of sp³-hybridized carbons (Fsp3) is 0.321.